The second kappa shape index (κ2) is 7.26. The third kappa shape index (κ3) is 3.85. The average Bonchev–Trinajstić information content (AvgIpc) is 2.52. The van der Waals surface area contributed by atoms with Gasteiger partial charge in [0.2, 0.25) is 0 Å². The van der Waals surface area contributed by atoms with Gasteiger partial charge >= 0.3 is 5.63 Å². The van der Waals surface area contributed by atoms with E-state index in [0.717, 1.165) is 5.39 Å². The van der Waals surface area contributed by atoms with E-state index < -0.39 is 5.63 Å². The minimum atomic E-state index is -0.427. The van der Waals surface area contributed by atoms with Gasteiger partial charge in [0.15, 0.2) is 6.61 Å². The van der Waals surface area contributed by atoms with Gasteiger partial charge in [0.1, 0.15) is 11.3 Å². The van der Waals surface area contributed by atoms with Crippen LogP contribution in [0.25, 0.3) is 11.0 Å². The number of carbonyl (C=O) groups excluding carboxylic acids is 1. The molecule has 0 bridgehead atoms. The number of amides is 1. The molecule has 0 radical (unpaired) electrons. The Morgan fingerprint density at radius 1 is 1.18 bits per heavy atom. The lowest BCUT2D eigenvalue weighted by Crippen LogP contribution is -2.35. The van der Waals surface area contributed by atoms with E-state index in [1.165, 1.54) is 6.07 Å². The van der Waals surface area contributed by atoms with Gasteiger partial charge in [-0.25, -0.2) is 4.79 Å². The zero-order chi connectivity index (χ0) is 15.9. The third-order valence-corrected chi connectivity index (χ3v) is 3.01. The minimum absolute atomic E-state index is 0.107. The summed E-state index contributed by atoms with van der Waals surface area (Å²) in [4.78, 5) is 24.8. The highest BCUT2D eigenvalue weighted by Gasteiger charge is 2.11. The minimum Gasteiger partial charge on any atom is -0.484 e. The van der Waals surface area contributed by atoms with E-state index in [2.05, 4.69) is 13.2 Å². The monoisotopic (exact) mass is 299 g/mol. The first-order chi connectivity index (χ1) is 10.6. The largest absolute Gasteiger partial charge is 0.484 e. The zero-order valence-electron chi connectivity index (χ0n) is 12.2. The summed E-state index contributed by atoms with van der Waals surface area (Å²) in [5.41, 5.74) is -0.00430. The normalized spacial score (nSPS) is 10.2. The first-order valence-electron chi connectivity index (χ1n) is 6.80. The lowest BCUT2D eigenvalue weighted by molar-refractivity contribution is -0.132. The van der Waals surface area contributed by atoms with Crippen LogP contribution in [0.4, 0.5) is 0 Å². The molecular formula is C17H17NO4. The van der Waals surface area contributed by atoms with Crippen LogP contribution in [-0.2, 0) is 4.79 Å². The van der Waals surface area contributed by atoms with Crippen LogP contribution in [0, 0.1) is 0 Å². The molecule has 0 saturated heterocycles. The molecule has 1 aromatic carbocycles. The molecule has 22 heavy (non-hydrogen) atoms. The maximum atomic E-state index is 12.0. The number of ether oxygens (including phenoxy) is 1. The fourth-order valence-electron chi connectivity index (χ4n) is 1.96. The van der Waals surface area contributed by atoms with Crippen LogP contribution in [-0.4, -0.2) is 30.5 Å². The van der Waals surface area contributed by atoms with Crippen LogP contribution >= 0.6 is 0 Å². The number of benzene rings is 1. The Hall–Kier alpha value is -2.82. The van der Waals surface area contributed by atoms with Crippen molar-refractivity contribution in [3.8, 4) is 5.75 Å². The molecule has 5 nitrogen and oxygen atoms in total. The molecule has 0 unspecified atom stereocenters. The number of carbonyl (C=O) groups is 1. The summed E-state index contributed by atoms with van der Waals surface area (Å²) in [6, 6.07) is 8.11. The molecule has 2 rings (SSSR count). The molecule has 0 spiro atoms. The topological polar surface area (TPSA) is 59.8 Å². The van der Waals surface area contributed by atoms with E-state index in [1.54, 1.807) is 41.3 Å². The molecule has 114 valence electrons. The van der Waals surface area contributed by atoms with Gasteiger partial charge in [-0.3, -0.25) is 4.79 Å². The Bertz CT molecular complexity index is 738. The Kier molecular flexibility index (Phi) is 5.14. The molecule has 1 heterocycles. The van der Waals surface area contributed by atoms with Crippen molar-refractivity contribution in [2.45, 2.75) is 0 Å². The van der Waals surface area contributed by atoms with Crippen LogP contribution in [0.5, 0.6) is 5.75 Å². The van der Waals surface area contributed by atoms with Crippen LogP contribution in [0.3, 0.4) is 0 Å². The SMILES string of the molecule is C=CCN(CC=C)C(=O)COc1ccc2ccc(=O)oc2c1. The van der Waals surface area contributed by atoms with Gasteiger partial charge in [0.05, 0.1) is 0 Å². The predicted octanol–water partition coefficient (Wildman–Crippen LogP) is 2.37. The molecule has 5 heteroatoms. The molecule has 0 saturated carbocycles. The first kappa shape index (κ1) is 15.6. The van der Waals surface area contributed by atoms with E-state index in [1.807, 2.05) is 0 Å². The van der Waals surface area contributed by atoms with E-state index in [0.29, 0.717) is 24.4 Å². The van der Waals surface area contributed by atoms with Gasteiger partial charge in [-0.2, -0.15) is 0 Å². The summed E-state index contributed by atoms with van der Waals surface area (Å²) < 4.78 is 10.5. The van der Waals surface area contributed by atoms with E-state index >= 15 is 0 Å². The van der Waals surface area contributed by atoms with Crippen molar-refractivity contribution in [3.63, 3.8) is 0 Å². The van der Waals surface area contributed by atoms with Crippen LogP contribution in [0.2, 0.25) is 0 Å². The van der Waals surface area contributed by atoms with Gasteiger partial charge in [0.25, 0.3) is 5.91 Å². The number of hydrogen-bond acceptors (Lipinski definition) is 4. The summed E-state index contributed by atoms with van der Waals surface area (Å²) in [5, 5.41) is 0.790. The molecular weight excluding hydrogens is 282 g/mol. The molecule has 0 N–H and O–H groups in total. The highest BCUT2D eigenvalue weighted by Crippen LogP contribution is 2.19. The second-order valence-electron chi connectivity index (χ2n) is 4.62. The lowest BCUT2D eigenvalue weighted by Gasteiger charge is -2.19. The molecule has 0 aliphatic heterocycles. The zero-order valence-corrected chi connectivity index (χ0v) is 12.2. The van der Waals surface area contributed by atoms with Gasteiger partial charge in [-0.1, -0.05) is 12.2 Å². The lowest BCUT2D eigenvalue weighted by atomic mass is 10.2. The number of nitrogens with zero attached hydrogens (tertiary/aromatic N) is 1. The summed E-state index contributed by atoms with van der Waals surface area (Å²) >= 11 is 0. The highest BCUT2D eigenvalue weighted by molar-refractivity contribution is 5.79. The Balaban J connectivity index is 2.07. The molecule has 2 aromatic rings. The molecule has 0 aliphatic rings. The molecule has 1 aromatic heterocycles. The van der Waals surface area contributed by atoms with Gasteiger partial charge in [-0.05, 0) is 18.2 Å². The van der Waals surface area contributed by atoms with E-state index in [-0.39, 0.29) is 12.5 Å². The number of hydrogen-bond donors (Lipinski definition) is 0. The standard InChI is InChI=1S/C17H17NO4/c1-3-9-18(10-4-2)16(19)12-21-14-7-5-13-6-8-17(20)22-15(13)11-14/h3-8,11H,1-2,9-10,12H2. The number of fused-ring (bicyclic) bond motifs is 1. The smallest absolute Gasteiger partial charge is 0.336 e. The van der Waals surface area contributed by atoms with Gasteiger partial charge < -0.3 is 14.1 Å². The molecule has 1 amide bonds. The third-order valence-electron chi connectivity index (χ3n) is 3.01. The Morgan fingerprint density at radius 3 is 2.55 bits per heavy atom. The summed E-state index contributed by atoms with van der Waals surface area (Å²) in [6.07, 6.45) is 3.29. The Labute approximate surface area is 128 Å². The van der Waals surface area contributed by atoms with Crippen molar-refractivity contribution in [1.82, 2.24) is 4.90 Å². The van der Waals surface area contributed by atoms with Crippen molar-refractivity contribution in [2.24, 2.45) is 0 Å². The van der Waals surface area contributed by atoms with Crippen molar-refractivity contribution in [2.75, 3.05) is 19.7 Å². The summed E-state index contributed by atoms with van der Waals surface area (Å²) in [7, 11) is 0. The van der Waals surface area contributed by atoms with Crippen molar-refractivity contribution in [3.05, 3.63) is 66.1 Å². The van der Waals surface area contributed by atoms with E-state index in [9.17, 15) is 9.59 Å². The van der Waals surface area contributed by atoms with Gasteiger partial charge in [0, 0.05) is 30.6 Å². The van der Waals surface area contributed by atoms with Crippen LogP contribution in [0.15, 0.2) is 64.9 Å². The molecule has 0 aliphatic carbocycles. The quantitative estimate of drug-likeness (QED) is 0.582. The number of rotatable bonds is 7. The van der Waals surface area contributed by atoms with Crippen molar-refractivity contribution in [1.29, 1.82) is 0 Å². The molecule has 0 atom stereocenters. The van der Waals surface area contributed by atoms with Crippen molar-refractivity contribution >= 4 is 16.9 Å². The fraction of sp³-hybridized carbons (Fsp3) is 0.176. The highest BCUT2D eigenvalue weighted by atomic mass is 16.5. The molecule has 0 fully saturated rings. The second-order valence-corrected chi connectivity index (χ2v) is 4.62. The van der Waals surface area contributed by atoms with Crippen LogP contribution in [0.1, 0.15) is 0 Å². The summed E-state index contributed by atoms with van der Waals surface area (Å²) in [5.74, 6) is 0.293. The van der Waals surface area contributed by atoms with Crippen LogP contribution < -0.4 is 10.4 Å². The average molecular weight is 299 g/mol. The summed E-state index contributed by atoms with van der Waals surface area (Å²) in [6.45, 7) is 7.99. The fourth-order valence-corrected chi connectivity index (χ4v) is 1.96. The first-order valence-corrected chi connectivity index (χ1v) is 6.80. The Morgan fingerprint density at radius 2 is 1.86 bits per heavy atom. The van der Waals surface area contributed by atoms with Crippen molar-refractivity contribution < 1.29 is 13.9 Å². The maximum Gasteiger partial charge on any atom is 0.336 e. The van der Waals surface area contributed by atoms with E-state index in [4.69, 9.17) is 9.15 Å². The maximum absolute atomic E-state index is 12.0. The van der Waals surface area contributed by atoms with Gasteiger partial charge in [-0.15, -0.1) is 13.2 Å². The predicted molar refractivity (Wildman–Crippen MR) is 85.0 cm³/mol.